The van der Waals surface area contributed by atoms with Crippen molar-refractivity contribution in [1.29, 1.82) is 0 Å². The lowest BCUT2D eigenvalue weighted by Gasteiger charge is -2.19. The first kappa shape index (κ1) is 20.3. The third-order valence-electron chi connectivity index (χ3n) is 5.45. The number of nitrogens with zero attached hydrogens (tertiary/aromatic N) is 1. The van der Waals surface area contributed by atoms with Crippen molar-refractivity contribution in [1.82, 2.24) is 9.97 Å². The molecule has 8 heteroatoms. The highest BCUT2D eigenvalue weighted by molar-refractivity contribution is 6.30. The van der Waals surface area contributed by atoms with Crippen molar-refractivity contribution in [2.75, 3.05) is 10.6 Å². The van der Waals surface area contributed by atoms with E-state index in [4.69, 9.17) is 11.6 Å². The molecule has 0 aromatic carbocycles. The summed E-state index contributed by atoms with van der Waals surface area (Å²) in [6.45, 7) is 3.49. The molecule has 2 aliphatic carbocycles. The Kier molecular flexibility index (Phi) is 5.24. The van der Waals surface area contributed by atoms with Gasteiger partial charge in [0.2, 0.25) is 5.91 Å². The van der Waals surface area contributed by atoms with Gasteiger partial charge in [-0.25, -0.2) is 9.37 Å². The Balaban J connectivity index is 1.78. The summed E-state index contributed by atoms with van der Waals surface area (Å²) in [6.07, 6.45) is 5.61. The SMILES string of the molecule is CC(=O)Nc1cc(Nc2cc(C3=C(F)CCC(Cl)=C3)c(=O)[nH]c2C2(C)CC2)ccn1. The first-order valence-electron chi connectivity index (χ1n) is 9.79. The molecule has 0 bridgehead atoms. The smallest absolute Gasteiger partial charge is 0.256 e. The average molecular weight is 429 g/mol. The van der Waals surface area contributed by atoms with Gasteiger partial charge in [0, 0.05) is 53.0 Å². The minimum atomic E-state index is -0.349. The number of amides is 1. The Morgan fingerprint density at radius 1 is 1.30 bits per heavy atom. The number of aromatic amines is 1. The maximum Gasteiger partial charge on any atom is 0.256 e. The molecule has 1 amide bonds. The van der Waals surface area contributed by atoms with Crippen molar-refractivity contribution in [3.05, 3.63) is 62.9 Å². The monoisotopic (exact) mass is 428 g/mol. The number of pyridine rings is 2. The van der Waals surface area contributed by atoms with Crippen LogP contribution >= 0.6 is 11.6 Å². The number of H-pyrrole nitrogens is 1. The summed E-state index contributed by atoms with van der Waals surface area (Å²) >= 11 is 6.11. The fourth-order valence-electron chi connectivity index (χ4n) is 3.55. The van der Waals surface area contributed by atoms with Gasteiger partial charge < -0.3 is 15.6 Å². The first-order valence-corrected chi connectivity index (χ1v) is 10.2. The van der Waals surface area contributed by atoms with E-state index < -0.39 is 0 Å². The highest BCUT2D eigenvalue weighted by atomic mass is 35.5. The molecule has 1 saturated carbocycles. The number of halogens is 2. The van der Waals surface area contributed by atoms with Crippen molar-refractivity contribution in [3.8, 4) is 0 Å². The van der Waals surface area contributed by atoms with Crippen LogP contribution in [0.25, 0.3) is 5.57 Å². The van der Waals surface area contributed by atoms with Gasteiger partial charge in [-0.2, -0.15) is 0 Å². The molecule has 3 N–H and O–H groups in total. The maximum absolute atomic E-state index is 14.5. The zero-order chi connectivity index (χ0) is 21.5. The van der Waals surface area contributed by atoms with Crippen LogP contribution in [0.1, 0.15) is 50.8 Å². The molecule has 6 nitrogen and oxygen atoms in total. The zero-order valence-corrected chi connectivity index (χ0v) is 17.5. The van der Waals surface area contributed by atoms with Gasteiger partial charge in [-0.1, -0.05) is 18.5 Å². The van der Waals surface area contributed by atoms with Crippen LogP contribution in [0.3, 0.4) is 0 Å². The molecular formula is C22H22ClFN4O2. The van der Waals surface area contributed by atoms with Gasteiger partial charge in [-0.15, -0.1) is 0 Å². The predicted molar refractivity (Wildman–Crippen MR) is 117 cm³/mol. The summed E-state index contributed by atoms with van der Waals surface area (Å²) in [7, 11) is 0. The summed E-state index contributed by atoms with van der Waals surface area (Å²) in [4.78, 5) is 31.2. The zero-order valence-electron chi connectivity index (χ0n) is 16.7. The molecule has 4 rings (SSSR count). The normalized spacial score (nSPS) is 17.4. The van der Waals surface area contributed by atoms with Crippen molar-refractivity contribution in [2.45, 2.75) is 44.9 Å². The Bertz CT molecular complexity index is 1150. The van der Waals surface area contributed by atoms with Crippen molar-refractivity contribution in [3.63, 3.8) is 0 Å². The molecule has 2 aromatic heterocycles. The number of rotatable bonds is 5. The van der Waals surface area contributed by atoms with E-state index in [1.807, 2.05) is 0 Å². The van der Waals surface area contributed by atoms with E-state index in [0.29, 0.717) is 28.6 Å². The Morgan fingerprint density at radius 3 is 2.77 bits per heavy atom. The van der Waals surface area contributed by atoms with Crippen molar-refractivity contribution >= 4 is 40.3 Å². The van der Waals surface area contributed by atoms with Gasteiger partial charge in [0.15, 0.2) is 0 Å². The third kappa shape index (κ3) is 4.16. The van der Waals surface area contributed by atoms with Gasteiger partial charge in [0.05, 0.1) is 11.3 Å². The number of carbonyl (C=O) groups is 1. The molecule has 1 fully saturated rings. The van der Waals surface area contributed by atoms with Gasteiger partial charge >= 0.3 is 0 Å². The van der Waals surface area contributed by atoms with Crippen molar-refractivity contribution < 1.29 is 9.18 Å². The van der Waals surface area contributed by atoms with Crippen molar-refractivity contribution in [2.24, 2.45) is 0 Å². The number of carbonyl (C=O) groups excluding carboxylic acids is 1. The number of aromatic nitrogens is 2. The van der Waals surface area contributed by atoms with Crippen LogP contribution in [-0.4, -0.2) is 15.9 Å². The van der Waals surface area contributed by atoms with Gasteiger partial charge in [-0.05, 0) is 37.5 Å². The number of anilines is 3. The fourth-order valence-corrected chi connectivity index (χ4v) is 3.75. The molecule has 0 unspecified atom stereocenters. The van der Waals surface area contributed by atoms with Gasteiger partial charge in [0.1, 0.15) is 11.6 Å². The molecule has 2 aliphatic rings. The summed E-state index contributed by atoms with van der Waals surface area (Å²) in [6, 6.07) is 5.13. The van der Waals surface area contributed by atoms with Gasteiger partial charge in [0.25, 0.3) is 5.56 Å². The van der Waals surface area contributed by atoms with E-state index in [1.54, 1.807) is 24.4 Å². The van der Waals surface area contributed by atoms with Crippen LogP contribution < -0.4 is 16.2 Å². The molecule has 0 radical (unpaired) electrons. The minimum Gasteiger partial charge on any atom is -0.354 e. The topological polar surface area (TPSA) is 86.9 Å². The largest absolute Gasteiger partial charge is 0.354 e. The number of nitrogens with one attached hydrogen (secondary N) is 3. The standard InChI is InChI=1S/C22H22ClFN4O2/c1-12(29)26-19-10-14(5-8-25-19)27-18-11-16(15-9-13(23)3-4-17(15)24)21(30)28-20(18)22(2)6-7-22/h5,8-11H,3-4,6-7H2,1-2H3,(H,28,30)(H2,25,26,27,29). The maximum atomic E-state index is 14.5. The quantitative estimate of drug-likeness (QED) is 0.616. The number of hydrogen-bond donors (Lipinski definition) is 3. The third-order valence-corrected chi connectivity index (χ3v) is 5.75. The fraction of sp³-hybridized carbons (Fsp3) is 0.318. The van der Waals surface area contributed by atoms with Crippen LogP contribution in [0.4, 0.5) is 21.6 Å². The van der Waals surface area contributed by atoms with Crippen LogP contribution in [0.15, 0.2) is 46.1 Å². The lowest BCUT2D eigenvalue weighted by atomic mass is 9.96. The van der Waals surface area contributed by atoms with E-state index in [1.165, 1.54) is 13.0 Å². The summed E-state index contributed by atoms with van der Waals surface area (Å²) in [5.41, 5.74) is 2.12. The highest BCUT2D eigenvalue weighted by Crippen LogP contribution is 2.49. The lowest BCUT2D eigenvalue weighted by Crippen LogP contribution is -2.20. The highest BCUT2D eigenvalue weighted by Gasteiger charge is 2.42. The Hall–Kier alpha value is -2.93. The van der Waals surface area contributed by atoms with E-state index in [9.17, 15) is 14.0 Å². The second-order valence-electron chi connectivity index (χ2n) is 8.01. The molecule has 156 valence electrons. The molecule has 2 heterocycles. The van der Waals surface area contributed by atoms with Crippen LogP contribution in [-0.2, 0) is 10.2 Å². The van der Waals surface area contributed by atoms with E-state index >= 15 is 0 Å². The molecule has 0 spiro atoms. The van der Waals surface area contributed by atoms with Crippen LogP contribution in [0, 0.1) is 0 Å². The number of hydrogen-bond acceptors (Lipinski definition) is 4. The molecule has 30 heavy (non-hydrogen) atoms. The first-order chi connectivity index (χ1) is 14.2. The molecule has 0 atom stereocenters. The molecule has 2 aromatic rings. The van der Waals surface area contributed by atoms with Crippen LogP contribution in [0.2, 0.25) is 0 Å². The second-order valence-corrected chi connectivity index (χ2v) is 8.49. The lowest BCUT2D eigenvalue weighted by molar-refractivity contribution is -0.114. The summed E-state index contributed by atoms with van der Waals surface area (Å²) in [5, 5.41) is 6.47. The Morgan fingerprint density at radius 2 is 2.07 bits per heavy atom. The summed E-state index contributed by atoms with van der Waals surface area (Å²) in [5.74, 6) is -0.161. The van der Waals surface area contributed by atoms with E-state index in [2.05, 4.69) is 27.5 Å². The van der Waals surface area contributed by atoms with Crippen LogP contribution in [0.5, 0.6) is 0 Å². The van der Waals surface area contributed by atoms with E-state index in [-0.39, 0.29) is 40.3 Å². The molecular weight excluding hydrogens is 407 g/mol. The average Bonchev–Trinajstić information content (AvgIpc) is 3.43. The minimum absolute atomic E-state index is 0.138. The molecule has 0 aliphatic heterocycles. The number of allylic oxidation sites excluding steroid dienone is 4. The molecule has 0 saturated heterocycles. The Labute approximate surface area is 178 Å². The van der Waals surface area contributed by atoms with Gasteiger partial charge in [-0.3, -0.25) is 9.59 Å². The van der Waals surface area contributed by atoms with E-state index in [0.717, 1.165) is 18.5 Å². The predicted octanol–water partition coefficient (Wildman–Crippen LogP) is 5.12. The second kappa shape index (κ2) is 7.72. The summed E-state index contributed by atoms with van der Waals surface area (Å²) < 4.78 is 14.5.